The number of carbonyl (C=O) groups is 3. The highest BCUT2D eigenvalue weighted by Crippen LogP contribution is 2.25. The zero-order valence-electron chi connectivity index (χ0n) is 20.5. The summed E-state index contributed by atoms with van der Waals surface area (Å²) >= 11 is 1.23. The van der Waals surface area contributed by atoms with Gasteiger partial charge in [-0.3, -0.25) is 14.9 Å². The Bertz CT molecular complexity index is 1030. The molecule has 0 radical (unpaired) electrons. The second-order valence-electron chi connectivity index (χ2n) is 9.07. The minimum absolute atomic E-state index is 0.0191. The third-order valence-corrected chi connectivity index (χ3v) is 7.41. The predicted octanol–water partition coefficient (Wildman–Crippen LogP) is 4.11. The highest BCUT2D eigenvalue weighted by molar-refractivity contribution is 7.17. The Kier molecular flexibility index (Phi) is 9.73. The van der Waals surface area contributed by atoms with E-state index in [1.54, 1.807) is 24.0 Å². The Labute approximate surface area is 209 Å². The molecule has 1 aromatic carbocycles. The molecule has 35 heavy (non-hydrogen) atoms. The summed E-state index contributed by atoms with van der Waals surface area (Å²) in [5.41, 5.74) is 1.63. The van der Waals surface area contributed by atoms with E-state index in [0.717, 1.165) is 31.5 Å². The Balaban J connectivity index is 0.000000203. The first-order valence-corrected chi connectivity index (χ1v) is 12.8. The molecule has 0 spiro atoms. The summed E-state index contributed by atoms with van der Waals surface area (Å²) in [4.78, 5) is 41.4. The van der Waals surface area contributed by atoms with Crippen molar-refractivity contribution in [3.63, 3.8) is 0 Å². The van der Waals surface area contributed by atoms with E-state index in [4.69, 9.17) is 0 Å². The second kappa shape index (κ2) is 12.7. The lowest BCUT2D eigenvalue weighted by Gasteiger charge is -2.29. The van der Waals surface area contributed by atoms with Crippen LogP contribution < -0.4 is 16.0 Å². The van der Waals surface area contributed by atoms with Gasteiger partial charge in [-0.1, -0.05) is 43.2 Å². The number of piperazine rings is 1. The molecular weight excluding hydrogens is 469 g/mol. The number of nitrogens with zero attached hydrogens (tertiary/aromatic N) is 2. The van der Waals surface area contributed by atoms with Crippen molar-refractivity contribution in [3.05, 3.63) is 46.2 Å². The molecule has 1 saturated heterocycles. The van der Waals surface area contributed by atoms with Crippen LogP contribution in [-0.4, -0.2) is 53.3 Å². The smallest absolute Gasteiger partial charge is 0.321 e. The number of aryl methyl sites for hydroxylation is 1. The van der Waals surface area contributed by atoms with Crippen LogP contribution in [0.1, 0.15) is 60.5 Å². The molecule has 1 aliphatic heterocycles. The number of urea groups is 1. The Morgan fingerprint density at radius 2 is 1.94 bits per heavy atom. The van der Waals surface area contributed by atoms with Crippen molar-refractivity contribution < 1.29 is 18.8 Å². The molecule has 2 heterocycles. The van der Waals surface area contributed by atoms with Gasteiger partial charge >= 0.3 is 6.03 Å². The lowest BCUT2D eigenvalue weighted by atomic mass is 9.86. The normalized spacial score (nSPS) is 20.0. The lowest BCUT2D eigenvalue weighted by molar-refractivity contribution is -0.132. The van der Waals surface area contributed by atoms with E-state index in [1.807, 2.05) is 0 Å². The summed E-state index contributed by atoms with van der Waals surface area (Å²) in [6.07, 6.45) is 4.61. The van der Waals surface area contributed by atoms with Gasteiger partial charge in [-0.15, -0.1) is 0 Å². The van der Waals surface area contributed by atoms with Crippen LogP contribution in [0.3, 0.4) is 0 Å². The molecule has 2 aromatic rings. The molecule has 3 amide bonds. The van der Waals surface area contributed by atoms with Crippen molar-refractivity contribution in [2.45, 2.75) is 59.0 Å². The van der Waals surface area contributed by atoms with Gasteiger partial charge in [0.2, 0.25) is 5.91 Å². The first kappa shape index (κ1) is 26.7. The van der Waals surface area contributed by atoms with Crippen molar-refractivity contribution in [2.75, 3.05) is 25.0 Å². The Morgan fingerprint density at radius 1 is 1.23 bits per heavy atom. The maximum Gasteiger partial charge on any atom is 0.321 e. The molecule has 10 heteroatoms. The summed E-state index contributed by atoms with van der Waals surface area (Å²) in [7, 11) is 0. The predicted molar refractivity (Wildman–Crippen MR) is 135 cm³/mol. The van der Waals surface area contributed by atoms with E-state index >= 15 is 0 Å². The number of ketones is 1. The zero-order valence-corrected chi connectivity index (χ0v) is 21.3. The van der Waals surface area contributed by atoms with Crippen LogP contribution in [0, 0.1) is 18.7 Å². The molecular formula is C25H34FN5O3S. The van der Waals surface area contributed by atoms with E-state index in [-0.39, 0.29) is 29.6 Å². The number of anilines is 1. The maximum atomic E-state index is 12.7. The Hall–Kier alpha value is -2.85. The summed E-state index contributed by atoms with van der Waals surface area (Å²) in [5, 5.41) is 9.23. The molecule has 3 N–H and O–H groups in total. The van der Waals surface area contributed by atoms with Crippen LogP contribution in [0.4, 0.5) is 14.3 Å². The van der Waals surface area contributed by atoms with Crippen LogP contribution in [0.15, 0.2) is 24.3 Å². The molecule has 2 fully saturated rings. The quantitative estimate of drug-likeness (QED) is 0.533. The number of hydrogen-bond donors (Lipinski definition) is 3. The highest BCUT2D eigenvalue weighted by atomic mass is 32.1. The van der Waals surface area contributed by atoms with Gasteiger partial charge in [-0.05, 0) is 43.4 Å². The first-order valence-electron chi connectivity index (χ1n) is 12.0. The number of halogens is 1. The molecule has 4 rings (SSSR count). The van der Waals surface area contributed by atoms with Crippen molar-refractivity contribution in [1.82, 2.24) is 20.5 Å². The number of carbonyl (C=O) groups excluding carboxylic acids is 3. The zero-order chi connectivity index (χ0) is 25.4. The fourth-order valence-electron chi connectivity index (χ4n) is 4.23. The number of thiazole rings is 1. The largest absolute Gasteiger partial charge is 0.336 e. The molecule has 0 bridgehead atoms. The first-order chi connectivity index (χ1) is 16.7. The van der Waals surface area contributed by atoms with E-state index in [1.165, 1.54) is 43.2 Å². The third-order valence-electron chi connectivity index (χ3n) is 6.24. The fourth-order valence-corrected chi connectivity index (χ4v) is 5.09. The van der Waals surface area contributed by atoms with Gasteiger partial charge in [0.15, 0.2) is 10.9 Å². The molecule has 1 saturated carbocycles. The molecule has 2 atom stereocenters. The van der Waals surface area contributed by atoms with Crippen LogP contribution in [0.5, 0.6) is 0 Å². The van der Waals surface area contributed by atoms with Gasteiger partial charge in [0.25, 0.3) is 0 Å². The number of benzene rings is 1. The van der Waals surface area contributed by atoms with Gasteiger partial charge in [0.1, 0.15) is 5.82 Å². The Morgan fingerprint density at radius 3 is 2.57 bits per heavy atom. The average Bonchev–Trinajstić information content (AvgIpc) is 3.19. The summed E-state index contributed by atoms with van der Waals surface area (Å²) < 4.78 is 12.7. The standard InChI is InChI=1S/C14H21N3O2S.C11H13FN2O/c1-8-6-4-5-7-11(8)16-13(19)17-14-15-9(2)12(20-14)10(3)18;12-10-3-1-9(2-4-10)8-14-6-5-13-7-11(14)15/h8,11H,4-7H2,1-3H3,(H2,15,16,17,19);1-4,13H,5-8H2. The van der Waals surface area contributed by atoms with Crippen LogP contribution >= 0.6 is 11.3 Å². The van der Waals surface area contributed by atoms with Crippen molar-refractivity contribution >= 4 is 34.2 Å². The summed E-state index contributed by atoms with van der Waals surface area (Å²) in [6, 6.07) is 6.27. The number of amides is 3. The average molecular weight is 504 g/mol. The minimum Gasteiger partial charge on any atom is -0.336 e. The van der Waals surface area contributed by atoms with Crippen LogP contribution in [0.25, 0.3) is 0 Å². The number of rotatable bonds is 5. The van der Waals surface area contributed by atoms with Crippen molar-refractivity contribution in [1.29, 1.82) is 0 Å². The molecule has 1 aliphatic carbocycles. The van der Waals surface area contributed by atoms with Crippen molar-refractivity contribution in [3.8, 4) is 0 Å². The SMILES string of the molecule is CC(=O)c1sc(NC(=O)NC2CCCCC2C)nc1C.O=C1CNCCN1Cc1ccc(F)cc1. The third kappa shape index (κ3) is 8.10. The van der Waals surface area contributed by atoms with E-state index in [2.05, 4.69) is 27.9 Å². The molecule has 2 aliphatic rings. The highest BCUT2D eigenvalue weighted by Gasteiger charge is 2.23. The van der Waals surface area contributed by atoms with Crippen molar-refractivity contribution in [2.24, 2.45) is 5.92 Å². The number of hydrogen-bond acceptors (Lipinski definition) is 6. The van der Waals surface area contributed by atoms with Gasteiger partial charge in [-0.25, -0.2) is 14.2 Å². The lowest BCUT2D eigenvalue weighted by Crippen LogP contribution is -2.47. The number of nitrogens with one attached hydrogen (secondary N) is 3. The van der Waals surface area contributed by atoms with Gasteiger partial charge in [0.05, 0.1) is 17.1 Å². The number of Topliss-reactive ketones (excluding diaryl/α,β-unsaturated/α-hetero) is 1. The minimum atomic E-state index is -0.245. The second-order valence-corrected chi connectivity index (χ2v) is 10.1. The molecule has 8 nitrogen and oxygen atoms in total. The van der Waals surface area contributed by atoms with Crippen LogP contribution in [-0.2, 0) is 11.3 Å². The van der Waals surface area contributed by atoms with Gasteiger partial charge in [0, 0.05) is 32.6 Å². The molecule has 190 valence electrons. The van der Waals surface area contributed by atoms with E-state index in [9.17, 15) is 18.8 Å². The fraction of sp³-hybridized carbons (Fsp3) is 0.520. The maximum absolute atomic E-state index is 12.7. The van der Waals surface area contributed by atoms with Gasteiger partial charge in [-0.2, -0.15) is 0 Å². The van der Waals surface area contributed by atoms with Gasteiger partial charge < -0.3 is 15.5 Å². The van der Waals surface area contributed by atoms with E-state index < -0.39 is 0 Å². The molecule has 2 unspecified atom stereocenters. The topological polar surface area (TPSA) is 103 Å². The van der Waals surface area contributed by atoms with E-state index in [0.29, 0.717) is 34.7 Å². The molecule has 1 aromatic heterocycles. The monoisotopic (exact) mass is 503 g/mol. The summed E-state index contributed by atoms with van der Waals surface area (Å²) in [6.45, 7) is 7.98. The number of aromatic nitrogens is 1. The summed E-state index contributed by atoms with van der Waals surface area (Å²) in [5.74, 6) is 0.352. The van der Waals surface area contributed by atoms with Crippen LogP contribution in [0.2, 0.25) is 0 Å².